The number of halogens is 4. The molecule has 8 heteroatoms. The Morgan fingerprint density at radius 1 is 1.41 bits per heavy atom. The number of aliphatic hydroxyl groups excluding tert-OH is 1. The second kappa shape index (κ2) is 6.75. The zero-order valence-corrected chi connectivity index (χ0v) is 12.2. The van der Waals surface area contributed by atoms with E-state index in [2.05, 4.69) is 10.1 Å². The van der Waals surface area contributed by atoms with E-state index in [-0.39, 0.29) is 16.5 Å². The van der Waals surface area contributed by atoms with Crippen molar-refractivity contribution in [1.82, 2.24) is 0 Å². The maximum Gasteiger partial charge on any atom is 0.422 e. The number of carbonyl (C=O) groups is 1. The molecule has 122 valence electrons. The first-order valence-corrected chi connectivity index (χ1v) is 7.12. The minimum Gasteiger partial charge on any atom is -0.482 e. The summed E-state index contributed by atoms with van der Waals surface area (Å²) in [4.78, 5) is 12.1. The van der Waals surface area contributed by atoms with Crippen molar-refractivity contribution in [3.8, 4) is 5.75 Å². The summed E-state index contributed by atoms with van der Waals surface area (Å²) in [5.74, 6) is -1.17. The molecule has 1 aliphatic carbocycles. The summed E-state index contributed by atoms with van der Waals surface area (Å²) in [5, 5.41) is 12.4. The zero-order chi connectivity index (χ0) is 16.3. The highest BCUT2D eigenvalue weighted by atomic mass is 35.5. The van der Waals surface area contributed by atoms with Gasteiger partial charge in [-0.15, -0.1) is 0 Å². The number of nitrogens with one attached hydrogen (secondary N) is 1. The second-order valence-corrected chi connectivity index (χ2v) is 5.57. The first-order chi connectivity index (χ1) is 10.3. The molecule has 0 radical (unpaired) electrons. The lowest BCUT2D eigenvalue weighted by Crippen LogP contribution is -2.29. The maximum absolute atomic E-state index is 12.3. The lowest BCUT2D eigenvalue weighted by atomic mass is 10.1. The van der Waals surface area contributed by atoms with Crippen LogP contribution in [0.4, 0.5) is 18.9 Å². The van der Waals surface area contributed by atoms with Crippen LogP contribution < -0.4 is 10.1 Å². The summed E-state index contributed by atoms with van der Waals surface area (Å²) in [6, 6.07) is 4.00. The normalized spacial score (nSPS) is 21.7. The highest BCUT2D eigenvalue weighted by Gasteiger charge is 2.32. The van der Waals surface area contributed by atoms with Crippen LogP contribution >= 0.6 is 11.6 Å². The molecule has 2 N–H and O–H groups in total. The van der Waals surface area contributed by atoms with Crippen LogP contribution in [0.5, 0.6) is 5.75 Å². The third-order valence-corrected chi connectivity index (χ3v) is 3.64. The van der Waals surface area contributed by atoms with Crippen LogP contribution in [0, 0.1) is 5.92 Å². The van der Waals surface area contributed by atoms with E-state index in [9.17, 15) is 23.1 Å². The molecule has 0 bridgehead atoms. The molecule has 1 aliphatic rings. The van der Waals surface area contributed by atoms with E-state index >= 15 is 0 Å². The van der Waals surface area contributed by atoms with Gasteiger partial charge in [-0.3, -0.25) is 4.79 Å². The summed E-state index contributed by atoms with van der Waals surface area (Å²) < 4.78 is 41.4. The fourth-order valence-electron chi connectivity index (χ4n) is 2.35. The van der Waals surface area contributed by atoms with E-state index in [1.807, 2.05) is 0 Å². The molecule has 0 aromatic heterocycles. The number of hydrogen-bond acceptors (Lipinski definition) is 3. The van der Waals surface area contributed by atoms with E-state index in [4.69, 9.17) is 11.6 Å². The highest BCUT2D eigenvalue weighted by Crippen LogP contribution is 2.32. The van der Waals surface area contributed by atoms with Crippen molar-refractivity contribution in [2.24, 2.45) is 5.92 Å². The molecule has 2 unspecified atom stereocenters. The predicted octanol–water partition coefficient (Wildman–Crippen LogP) is 3.38. The van der Waals surface area contributed by atoms with Crippen molar-refractivity contribution in [3.05, 3.63) is 23.2 Å². The standard InChI is InChI=1S/C14H15ClF3NO3/c15-8-4-5-10(12(6-8)22-7-14(16,17)18)19-13(21)9-2-1-3-11(9)20/h4-6,9,11,20H,1-3,7H2,(H,19,21). The number of alkyl halides is 3. The second-order valence-electron chi connectivity index (χ2n) is 5.14. The van der Waals surface area contributed by atoms with Gasteiger partial charge in [-0.1, -0.05) is 11.6 Å². The molecule has 2 atom stereocenters. The summed E-state index contributed by atoms with van der Waals surface area (Å²) in [6.07, 6.45) is -3.41. The van der Waals surface area contributed by atoms with Crippen LogP contribution in [-0.4, -0.2) is 29.9 Å². The molecule has 0 aliphatic heterocycles. The fourth-order valence-corrected chi connectivity index (χ4v) is 2.51. The van der Waals surface area contributed by atoms with E-state index in [0.717, 1.165) is 6.42 Å². The molecule has 1 aromatic rings. The van der Waals surface area contributed by atoms with Crippen molar-refractivity contribution in [3.63, 3.8) is 0 Å². The molecule has 0 saturated heterocycles. The lowest BCUT2D eigenvalue weighted by molar-refractivity contribution is -0.153. The van der Waals surface area contributed by atoms with Crippen LogP contribution in [0.1, 0.15) is 19.3 Å². The third-order valence-electron chi connectivity index (χ3n) is 3.41. The molecule has 1 amide bonds. The Kier molecular flexibility index (Phi) is 5.18. The number of amides is 1. The molecule has 4 nitrogen and oxygen atoms in total. The van der Waals surface area contributed by atoms with E-state index in [1.165, 1.54) is 18.2 Å². The average molecular weight is 338 g/mol. The van der Waals surface area contributed by atoms with Crippen LogP contribution in [-0.2, 0) is 4.79 Å². The van der Waals surface area contributed by atoms with Gasteiger partial charge >= 0.3 is 6.18 Å². The van der Waals surface area contributed by atoms with Crippen molar-refractivity contribution in [2.45, 2.75) is 31.5 Å². The monoisotopic (exact) mass is 337 g/mol. The summed E-state index contributed by atoms with van der Waals surface area (Å²) >= 11 is 5.74. The first-order valence-electron chi connectivity index (χ1n) is 6.74. The van der Waals surface area contributed by atoms with Crippen LogP contribution in [0.2, 0.25) is 5.02 Å². The van der Waals surface area contributed by atoms with Gasteiger partial charge in [0.05, 0.1) is 17.7 Å². The molecule has 1 fully saturated rings. The molecular formula is C14H15ClF3NO3. The maximum atomic E-state index is 12.3. The largest absolute Gasteiger partial charge is 0.482 e. The Morgan fingerprint density at radius 2 is 2.14 bits per heavy atom. The van der Waals surface area contributed by atoms with Gasteiger partial charge in [0.25, 0.3) is 0 Å². The van der Waals surface area contributed by atoms with Gasteiger partial charge in [0.2, 0.25) is 5.91 Å². The number of rotatable bonds is 4. The molecular weight excluding hydrogens is 323 g/mol. The predicted molar refractivity (Wildman–Crippen MR) is 75.0 cm³/mol. The van der Waals surface area contributed by atoms with Gasteiger partial charge in [-0.2, -0.15) is 13.2 Å². The van der Waals surface area contributed by atoms with E-state index in [1.54, 1.807) is 0 Å². The highest BCUT2D eigenvalue weighted by molar-refractivity contribution is 6.30. The van der Waals surface area contributed by atoms with Crippen molar-refractivity contribution in [2.75, 3.05) is 11.9 Å². The van der Waals surface area contributed by atoms with Gasteiger partial charge in [0, 0.05) is 11.1 Å². The number of hydrogen-bond donors (Lipinski definition) is 2. The van der Waals surface area contributed by atoms with E-state index in [0.29, 0.717) is 12.8 Å². The number of ether oxygens (including phenoxy) is 1. The summed E-state index contributed by atoms with van der Waals surface area (Å²) in [7, 11) is 0. The third kappa shape index (κ3) is 4.51. The Hall–Kier alpha value is -1.47. The Morgan fingerprint density at radius 3 is 2.73 bits per heavy atom. The van der Waals surface area contributed by atoms with E-state index < -0.39 is 30.7 Å². The van der Waals surface area contributed by atoms with Crippen LogP contribution in [0.15, 0.2) is 18.2 Å². The summed E-state index contributed by atoms with van der Waals surface area (Å²) in [5.41, 5.74) is 0.0951. The van der Waals surface area contributed by atoms with Gasteiger partial charge in [0.1, 0.15) is 5.75 Å². The Balaban J connectivity index is 2.11. The smallest absolute Gasteiger partial charge is 0.422 e. The van der Waals surface area contributed by atoms with Gasteiger partial charge in [0.15, 0.2) is 6.61 Å². The quantitative estimate of drug-likeness (QED) is 0.885. The molecule has 22 heavy (non-hydrogen) atoms. The molecule has 2 rings (SSSR count). The number of aliphatic hydroxyl groups is 1. The topological polar surface area (TPSA) is 58.6 Å². The van der Waals surface area contributed by atoms with Gasteiger partial charge < -0.3 is 15.2 Å². The van der Waals surface area contributed by atoms with Gasteiger partial charge in [-0.05, 0) is 31.4 Å². The Bertz CT molecular complexity index is 551. The fraction of sp³-hybridized carbons (Fsp3) is 0.500. The van der Waals surface area contributed by atoms with Crippen LogP contribution in [0.25, 0.3) is 0 Å². The van der Waals surface area contributed by atoms with Crippen molar-refractivity contribution >= 4 is 23.2 Å². The van der Waals surface area contributed by atoms with Crippen molar-refractivity contribution in [1.29, 1.82) is 0 Å². The van der Waals surface area contributed by atoms with Crippen molar-refractivity contribution < 1.29 is 27.8 Å². The molecule has 0 heterocycles. The minimum absolute atomic E-state index is 0.0951. The SMILES string of the molecule is O=C(Nc1ccc(Cl)cc1OCC(F)(F)F)C1CCCC1O. The first kappa shape index (κ1) is 16.9. The molecule has 1 aromatic carbocycles. The minimum atomic E-state index is -4.49. The van der Waals surface area contributed by atoms with Crippen LogP contribution in [0.3, 0.4) is 0 Å². The molecule has 0 spiro atoms. The lowest BCUT2D eigenvalue weighted by Gasteiger charge is -2.17. The number of anilines is 1. The zero-order valence-electron chi connectivity index (χ0n) is 11.5. The van der Waals surface area contributed by atoms with Gasteiger partial charge in [-0.25, -0.2) is 0 Å². The summed E-state index contributed by atoms with van der Waals surface area (Å²) in [6.45, 7) is -1.48. The average Bonchev–Trinajstić information content (AvgIpc) is 2.84. The Labute approximate surface area is 130 Å². The number of carbonyl (C=O) groups excluding carboxylic acids is 1. The molecule has 1 saturated carbocycles. The number of benzene rings is 1.